The third-order valence-electron chi connectivity index (χ3n) is 9.99. The molecule has 2 N–H and O–H groups in total. The van der Waals surface area contributed by atoms with Crippen LogP contribution in [0.2, 0.25) is 0 Å². The molecule has 0 fully saturated rings. The van der Waals surface area contributed by atoms with Gasteiger partial charge in [0.25, 0.3) is 5.56 Å². The molecule has 2 aromatic carbocycles. The second-order valence-corrected chi connectivity index (χ2v) is 15.1. The van der Waals surface area contributed by atoms with Gasteiger partial charge in [-0.3, -0.25) is 14.6 Å². The normalized spacial score (nSPS) is 17.0. The Hall–Kier alpha value is -5.88. The summed E-state index contributed by atoms with van der Waals surface area (Å²) in [7, 11) is 0. The van der Waals surface area contributed by atoms with E-state index in [0.29, 0.717) is 56.3 Å². The number of aromatic nitrogens is 2. The van der Waals surface area contributed by atoms with Crippen LogP contribution in [0.5, 0.6) is 0 Å². The molecule has 3 aliphatic heterocycles. The fraction of sp³-hybridized carbons (Fsp3) is 0.349. The molecule has 0 amide bonds. The van der Waals surface area contributed by atoms with Crippen LogP contribution in [0.4, 0.5) is 5.69 Å². The van der Waals surface area contributed by atoms with Crippen molar-refractivity contribution in [2.45, 2.75) is 73.1 Å². The first-order chi connectivity index (χ1) is 26.3. The zero-order chi connectivity index (χ0) is 39.1. The van der Waals surface area contributed by atoms with Gasteiger partial charge in [-0.25, -0.2) is 14.6 Å². The van der Waals surface area contributed by atoms with Crippen molar-refractivity contribution < 1.29 is 33.7 Å². The summed E-state index contributed by atoms with van der Waals surface area (Å²) in [6.07, 6.45) is 0.365. The van der Waals surface area contributed by atoms with Crippen LogP contribution in [0.1, 0.15) is 87.8 Å². The van der Waals surface area contributed by atoms with Gasteiger partial charge >= 0.3 is 17.9 Å². The van der Waals surface area contributed by atoms with Gasteiger partial charge in [0.2, 0.25) is 0 Å². The minimum Gasteiger partial charge on any atom is -0.462 e. The quantitative estimate of drug-likeness (QED) is 0.0999. The van der Waals surface area contributed by atoms with Crippen molar-refractivity contribution in [1.82, 2.24) is 14.9 Å². The van der Waals surface area contributed by atoms with Gasteiger partial charge in [-0.1, -0.05) is 58.0 Å². The lowest BCUT2D eigenvalue weighted by Gasteiger charge is -2.31. The number of aliphatic imine (C=N–C) groups is 1. The first kappa shape index (κ1) is 37.4. The number of fused-ring (bicyclic) bond motifs is 5. The van der Waals surface area contributed by atoms with Gasteiger partial charge in [0.15, 0.2) is 0 Å². The van der Waals surface area contributed by atoms with Crippen LogP contribution in [-0.4, -0.2) is 52.0 Å². The maximum Gasteiger partial charge on any atom is 0.336 e. The summed E-state index contributed by atoms with van der Waals surface area (Å²) >= 11 is 0. The Balaban J connectivity index is 1.26. The monoisotopic (exact) mass is 744 g/mol. The number of carbonyl (C=O) groups excluding carboxylic acids is 3. The molecular formula is C43H44N4O8. The first-order valence-electron chi connectivity index (χ1n) is 18.5. The average Bonchev–Trinajstić information content (AvgIpc) is 3.44. The summed E-state index contributed by atoms with van der Waals surface area (Å²) in [4.78, 5) is 62.8. The molecule has 0 saturated carbocycles. The minimum absolute atomic E-state index is 0.128. The number of pyridine rings is 2. The first-order valence-corrected chi connectivity index (χ1v) is 18.5. The molecule has 7 rings (SSSR count). The Kier molecular flexibility index (Phi) is 10.3. The standard InChI is InChI=1S/C43H44N4O8/c1-22(2)19-54-42(51)37-24(5)45-25(6)38(43(52)55-20-23(3)4)39(37)26-11-13-27(14-12-26)44-17-30-28-9-7-8-10-33(28)46-40-31(30)18-47-34(40)15-29-32(41(47)50)21-53-36(49)16-35(29)48/h7-15,17,22-23,35,39,45,48H,16,18-21H2,1-6H3. The van der Waals surface area contributed by atoms with Gasteiger partial charge in [-0.2, -0.15) is 0 Å². The Labute approximate surface area is 318 Å². The molecule has 4 aromatic rings. The van der Waals surface area contributed by atoms with Crippen LogP contribution in [0.15, 0.2) is 86.9 Å². The third kappa shape index (κ3) is 7.21. The molecule has 0 bridgehead atoms. The van der Waals surface area contributed by atoms with E-state index in [9.17, 15) is 24.3 Å². The number of esters is 3. The summed E-state index contributed by atoms with van der Waals surface area (Å²) in [5.41, 5.74) is 6.94. The van der Waals surface area contributed by atoms with Crippen LogP contribution in [0.25, 0.3) is 22.3 Å². The number of hydrogen-bond acceptors (Lipinski definition) is 11. The van der Waals surface area contributed by atoms with E-state index in [1.54, 1.807) is 30.7 Å². The zero-order valence-electron chi connectivity index (χ0n) is 31.8. The van der Waals surface area contributed by atoms with Crippen LogP contribution < -0.4 is 10.9 Å². The highest BCUT2D eigenvalue weighted by Gasteiger charge is 2.38. The number of nitrogens with one attached hydrogen (secondary N) is 1. The summed E-state index contributed by atoms with van der Waals surface area (Å²) in [5, 5.41) is 14.9. The number of dihydropyridines is 1. The van der Waals surface area contributed by atoms with Crippen molar-refractivity contribution >= 4 is 40.7 Å². The molecule has 0 spiro atoms. The number of para-hydroxylation sites is 1. The fourth-order valence-electron chi connectivity index (χ4n) is 7.34. The Morgan fingerprint density at radius 1 is 0.964 bits per heavy atom. The van der Waals surface area contributed by atoms with E-state index >= 15 is 0 Å². The van der Waals surface area contributed by atoms with E-state index in [0.717, 1.165) is 16.5 Å². The van der Waals surface area contributed by atoms with E-state index in [-0.39, 0.29) is 55.7 Å². The molecule has 3 aliphatic rings. The largest absolute Gasteiger partial charge is 0.462 e. The topological polar surface area (TPSA) is 158 Å². The number of cyclic esters (lactones) is 1. The molecular weight excluding hydrogens is 700 g/mol. The molecule has 55 heavy (non-hydrogen) atoms. The maximum atomic E-state index is 13.8. The minimum atomic E-state index is -1.16. The van der Waals surface area contributed by atoms with Gasteiger partial charge in [-0.15, -0.1) is 0 Å². The van der Waals surface area contributed by atoms with Crippen molar-refractivity contribution in [2.75, 3.05) is 13.2 Å². The van der Waals surface area contributed by atoms with E-state index in [1.807, 2.05) is 76.2 Å². The van der Waals surface area contributed by atoms with E-state index in [1.165, 1.54) is 0 Å². The predicted octanol–water partition coefficient (Wildman–Crippen LogP) is 6.29. The smallest absolute Gasteiger partial charge is 0.336 e. The molecule has 5 heterocycles. The Bertz CT molecular complexity index is 2340. The number of rotatable bonds is 9. The molecule has 12 heteroatoms. The van der Waals surface area contributed by atoms with Crippen molar-refractivity contribution in [1.29, 1.82) is 0 Å². The Morgan fingerprint density at radius 3 is 2.24 bits per heavy atom. The lowest BCUT2D eigenvalue weighted by atomic mass is 9.80. The van der Waals surface area contributed by atoms with Gasteiger partial charge < -0.3 is 29.2 Å². The number of allylic oxidation sites excluding steroid dienone is 2. The third-order valence-corrected chi connectivity index (χ3v) is 9.99. The molecule has 0 saturated heterocycles. The van der Waals surface area contributed by atoms with Crippen LogP contribution in [-0.2, 0) is 41.7 Å². The number of ether oxygens (including phenoxy) is 3. The Morgan fingerprint density at radius 2 is 1.60 bits per heavy atom. The van der Waals surface area contributed by atoms with Crippen molar-refractivity contribution in [2.24, 2.45) is 16.8 Å². The van der Waals surface area contributed by atoms with E-state index in [2.05, 4.69) is 5.32 Å². The lowest BCUT2D eigenvalue weighted by Crippen LogP contribution is -2.33. The van der Waals surface area contributed by atoms with Gasteiger partial charge in [0, 0.05) is 34.1 Å². The van der Waals surface area contributed by atoms with Crippen LogP contribution >= 0.6 is 0 Å². The highest BCUT2D eigenvalue weighted by Crippen LogP contribution is 2.41. The van der Waals surface area contributed by atoms with Gasteiger partial charge in [-0.05, 0) is 61.1 Å². The SMILES string of the molecule is CC1=C(C(=O)OCC(C)C)C(c2ccc(N=Cc3c4c(nc5ccccc35)-c3cc5c(c(=O)n3C4)COC(=O)CC5O)cc2)C(C(=O)OCC(C)C)=C(C)N1. The number of carbonyl (C=O) groups is 3. The van der Waals surface area contributed by atoms with Crippen LogP contribution in [0, 0.1) is 11.8 Å². The van der Waals surface area contributed by atoms with Crippen molar-refractivity contribution in [3.8, 4) is 11.4 Å². The van der Waals surface area contributed by atoms with E-state index in [4.69, 9.17) is 24.2 Å². The van der Waals surface area contributed by atoms with Gasteiger partial charge in [0.05, 0.1) is 77.5 Å². The molecule has 1 atom stereocenters. The second-order valence-electron chi connectivity index (χ2n) is 15.1. The van der Waals surface area contributed by atoms with Crippen LogP contribution in [0.3, 0.4) is 0 Å². The molecule has 0 radical (unpaired) electrons. The molecule has 2 aromatic heterocycles. The molecule has 284 valence electrons. The highest BCUT2D eigenvalue weighted by atomic mass is 16.5. The average molecular weight is 745 g/mol. The second kappa shape index (κ2) is 15.1. The molecule has 12 nitrogen and oxygen atoms in total. The summed E-state index contributed by atoms with van der Waals surface area (Å²) in [6.45, 7) is 11.9. The summed E-state index contributed by atoms with van der Waals surface area (Å²) < 4.78 is 18.2. The zero-order valence-corrected chi connectivity index (χ0v) is 31.8. The van der Waals surface area contributed by atoms with Crippen molar-refractivity contribution in [3.63, 3.8) is 0 Å². The number of aliphatic hydroxyl groups excluding tert-OH is 1. The number of benzene rings is 2. The lowest BCUT2D eigenvalue weighted by molar-refractivity contribution is -0.146. The fourth-order valence-corrected chi connectivity index (χ4v) is 7.34. The summed E-state index contributed by atoms with van der Waals surface area (Å²) in [5.74, 6) is -2.05. The van der Waals surface area contributed by atoms with Crippen molar-refractivity contribution in [3.05, 3.63) is 115 Å². The number of nitrogens with zero attached hydrogens (tertiary/aromatic N) is 3. The predicted molar refractivity (Wildman–Crippen MR) is 206 cm³/mol. The number of aliphatic hydroxyl groups is 1. The molecule has 0 aliphatic carbocycles. The van der Waals surface area contributed by atoms with Gasteiger partial charge in [0.1, 0.15) is 6.61 Å². The molecule has 1 unspecified atom stereocenters. The summed E-state index contributed by atoms with van der Waals surface area (Å²) in [6, 6.07) is 16.8. The van der Waals surface area contributed by atoms with E-state index < -0.39 is 29.9 Å². The maximum absolute atomic E-state index is 13.8. The number of hydrogen-bond donors (Lipinski definition) is 2. The highest BCUT2D eigenvalue weighted by molar-refractivity contribution is 6.03.